The zero-order valence-corrected chi connectivity index (χ0v) is 20.5. The first kappa shape index (κ1) is 25.1. The fourth-order valence-electron chi connectivity index (χ4n) is 3.97. The Balaban J connectivity index is 2.01. The Morgan fingerprint density at radius 1 is 1.06 bits per heavy atom. The minimum absolute atomic E-state index is 0.0636. The van der Waals surface area contributed by atoms with Gasteiger partial charge in [0.2, 0.25) is 5.91 Å². The van der Waals surface area contributed by atoms with Crippen LogP contribution in [0.2, 0.25) is 5.02 Å². The van der Waals surface area contributed by atoms with Gasteiger partial charge in [-0.2, -0.15) is 0 Å². The van der Waals surface area contributed by atoms with Gasteiger partial charge in [-0.15, -0.1) is 0 Å². The van der Waals surface area contributed by atoms with E-state index < -0.39 is 22.4 Å². The molecule has 0 aliphatic heterocycles. The van der Waals surface area contributed by atoms with Gasteiger partial charge in [0.25, 0.3) is 10.0 Å². The molecule has 7 nitrogen and oxygen atoms in total. The van der Waals surface area contributed by atoms with Gasteiger partial charge in [0, 0.05) is 19.2 Å². The van der Waals surface area contributed by atoms with Crippen molar-refractivity contribution in [3.8, 4) is 11.5 Å². The van der Waals surface area contributed by atoms with E-state index in [4.69, 9.17) is 21.1 Å². The summed E-state index contributed by atoms with van der Waals surface area (Å²) >= 11 is 5.93. The van der Waals surface area contributed by atoms with Gasteiger partial charge in [0.15, 0.2) is 11.5 Å². The molecule has 0 bridgehead atoms. The summed E-state index contributed by atoms with van der Waals surface area (Å²) < 4.78 is 52.5. The van der Waals surface area contributed by atoms with Crippen LogP contribution in [0.4, 0.5) is 10.1 Å². The third-order valence-corrected chi connectivity index (χ3v) is 7.99. The van der Waals surface area contributed by atoms with Crippen molar-refractivity contribution < 1.29 is 27.1 Å². The second kappa shape index (κ2) is 10.6. The summed E-state index contributed by atoms with van der Waals surface area (Å²) in [7, 11) is 0.301. The molecule has 180 valence electrons. The molecule has 1 aliphatic rings. The van der Waals surface area contributed by atoms with Gasteiger partial charge in [-0.25, -0.2) is 12.8 Å². The highest BCUT2D eigenvalue weighted by Gasteiger charge is 2.31. The molecule has 0 aromatic heterocycles. The molecular weight excluding hydrogens is 471 g/mol. The van der Waals surface area contributed by atoms with Crippen LogP contribution in [0.3, 0.4) is 0 Å². The molecule has 1 amide bonds. The highest BCUT2D eigenvalue weighted by atomic mass is 35.5. The topological polar surface area (TPSA) is 76.2 Å². The van der Waals surface area contributed by atoms with Crippen molar-refractivity contribution in [2.75, 3.05) is 32.1 Å². The second-order valence-corrected chi connectivity index (χ2v) is 10.2. The molecule has 2 aromatic carbocycles. The number of methoxy groups -OCH3 is 2. The van der Waals surface area contributed by atoms with E-state index in [1.807, 2.05) is 0 Å². The molecule has 1 saturated carbocycles. The fourth-order valence-corrected chi connectivity index (χ4v) is 5.56. The van der Waals surface area contributed by atoms with Crippen molar-refractivity contribution in [2.24, 2.45) is 0 Å². The lowest BCUT2D eigenvalue weighted by atomic mass is 9.94. The molecule has 0 unspecified atom stereocenters. The Morgan fingerprint density at radius 3 is 2.33 bits per heavy atom. The smallest absolute Gasteiger partial charge is 0.264 e. The van der Waals surface area contributed by atoms with Gasteiger partial charge < -0.3 is 14.4 Å². The molecule has 2 aromatic rings. The lowest BCUT2D eigenvalue weighted by molar-refractivity contribution is -0.130. The Morgan fingerprint density at radius 2 is 1.73 bits per heavy atom. The highest BCUT2D eigenvalue weighted by Crippen LogP contribution is 2.33. The molecule has 0 atom stereocenters. The number of sulfonamides is 1. The molecule has 0 saturated heterocycles. The van der Waals surface area contributed by atoms with Gasteiger partial charge in [0.1, 0.15) is 12.4 Å². The minimum Gasteiger partial charge on any atom is -0.493 e. The first-order chi connectivity index (χ1) is 15.7. The van der Waals surface area contributed by atoms with Crippen LogP contribution in [0.25, 0.3) is 0 Å². The maximum absolute atomic E-state index is 13.8. The van der Waals surface area contributed by atoms with Crippen LogP contribution in [0.1, 0.15) is 32.1 Å². The SMILES string of the molecule is COc1ccc(S(=O)(=O)N(CC(=O)N(C)C2CCCCC2)c2ccc(F)c(Cl)c2)cc1OC. The number of halogens is 2. The van der Waals surface area contributed by atoms with Crippen LogP contribution in [-0.2, 0) is 14.8 Å². The van der Waals surface area contributed by atoms with Crippen LogP contribution in [0.15, 0.2) is 41.3 Å². The van der Waals surface area contributed by atoms with Gasteiger partial charge in [0.05, 0.1) is 29.8 Å². The van der Waals surface area contributed by atoms with E-state index in [0.717, 1.165) is 42.5 Å². The number of carbonyl (C=O) groups is 1. The summed E-state index contributed by atoms with van der Waals surface area (Å²) in [5, 5.41) is -0.243. The monoisotopic (exact) mass is 498 g/mol. The molecule has 0 spiro atoms. The van der Waals surface area contributed by atoms with E-state index in [2.05, 4.69) is 0 Å². The fraction of sp³-hybridized carbons (Fsp3) is 0.435. The molecule has 10 heteroatoms. The van der Waals surface area contributed by atoms with Gasteiger partial charge in [-0.1, -0.05) is 30.9 Å². The van der Waals surface area contributed by atoms with E-state index in [1.54, 1.807) is 11.9 Å². The third-order valence-electron chi connectivity index (χ3n) is 5.93. The normalized spacial score (nSPS) is 14.6. The number of nitrogens with zero attached hydrogens (tertiary/aromatic N) is 2. The lowest BCUT2D eigenvalue weighted by Gasteiger charge is -2.33. The average molecular weight is 499 g/mol. The zero-order valence-electron chi connectivity index (χ0n) is 18.9. The van der Waals surface area contributed by atoms with E-state index in [0.29, 0.717) is 5.75 Å². The number of benzene rings is 2. The molecule has 0 N–H and O–H groups in total. The number of amides is 1. The number of hydrogen-bond acceptors (Lipinski definition) is 5. The second-order valence-electron chi connectivity index (χ2n) is 7.92. The summed E-state index contributed by atoms with van der Waals surface area (Å²) in [5.74, 6) is -0.455. The van der Waals surface area contributed by atoms with Crippen molar-refractivity contribution in [3.63, 3.8) is 0 Å². The number of carbonyl (C=O) groups excluding carboxylic acids is 1. The van der Waals surface area contributed by atoms with Gasteiger partial charge in [-0.05, 0) is 43.2 Å². The summed E-state index contributed by atoms with van der Waals surface area (Å²) in [5.41, 5.74) is 0.0848. The highest BCUT2D eigenvalue weighted by molar-refractivity contribution is 7.92. The van der Waals surface area contributed by atoms with Crippen molar-refractivity contribution in [1.29, 1.82) is 0 Å². The lowest BCUT2D eigenvalue weighted by Crippen LogP contribution is -2.46. The molecule has 33 heavy (non-hydrogen) atoms. The third kappa shape index (κ3) is 5.52. The van der Waals surface area contributed by atoms with Crippen LogP contribution in [0.5, 0.6) is 11.5 Å². The Labute approximate surface area is 199 Å². The van der Waals surface area contributed by atoms with Crippen molar-refractivity contribution >= 4 is 33.2 Å². The molecular formula is C23H28ClFN2O5S. The Bertz CT molecular complexity index is 1110. The zero-order chi connectivity index (χ0) is 24.2. The molecule has 0 radical (unpaired) electrons. The van der Waals surface area contributed by atoms with E-state index in [9.17, 15) is 17.6 Å². The molecule has 3 rings (SSSR count). The standard InChI is InChI=1S/C23H28ClFN2O5S/c1-26(16-7-5-4-6-8-16)23(28)15-27(17-9-11-20(25)19(24)13-17)33(29,30)18-10-12-21(31-2)22(14-18)32-3/h9-14,16H,4-8,15H2,1-3H3. The number of rotatable bonds is 8. The maximum Gasteiger partial charge on any atom is 0.264 e. The molecule has 1 fully saturated rings. The van der Waals surface area contributed by atoms with Crippen LogP contribution >= 0.6 is 11.6 Å². The maximum atomic E-state index is 13.8. The summed E-state index contributed by atoms with van der Waals surface area (Å²) in [6, 6.07) is 7.78. The summed E-state index contributed by atoms with van der Waals surface area (Å²) in [6.07, 6.45) is 4.96. The first-order valence-corrected chi connectivity index (χ1v) is 12.5. The van der Waals surface area contributed by atoms with Crippen LogP contribution in [0, 0.1) is 5.82 Å². The predicted octanol–water partition coefficient (Wildman–Crippen LogP) is 4.48. The van der Waals surface area contributed by atoms with E-state index >= 15 is 0 Å². The van der Waals surface area contributed by atoms with Crippen molar-refractivity contribution in [3.05, 3.63) is 47.2 Å². The van der Waals surface area contributed by atoms with Crippen molar-refractivity contribution in [2.45, 2.75) is 43.0 Å². The summed E-state index contributed by atoms with van der Waals surface area (Å²) in [4.78, 5) is 14.7. The number of anilines is 1. The van der Waals surface area contributed by atoms with Crippen LogP contribution < -0.4 is 13.8 Å². The Kier molecular flexibility index (Phi) is 8.07. The summed E-state index contributed by atoms with van der Waals surface area (Å²) in [6.45, 7) is -0.453. The molecule has 1 aliphatic carbocycles. The minimum atomic E-state index is -4.23. The predicted molar refractivity (Wildman–Crippen MR) is 125 cm³/mol. The van der Waals surface area contributed by atoms with Crippen molar-refractivity contribution in [1.82, 2.24) is 4.90 Å². The number of likely N-dealkylation sites (N-methyl/N-ethyl adjacent to an activating group) is 1. The van der Waals surface area contributed by atoms with E-state index in [-0.39, 0.29) is 33.3 Å². The quantitative estimate of drug-likeness (QED) is 0.536. The van der Waals surface area contributed by atoms with E-state index in [1.165, 1.54) is 44.6 Å². The van der Waals surface area contributed by atoms with Crippen LogP contribution in [-0.4, -0.2) is 53.1 Å². The first-order valence-electron chi connectivity index (χ1n) is 10.6. The van der Waals surface area contributed by atoms with Gasteiger partial charge >= 0.3 is 0 Å². The van der Waals surface area contributed by atoms with Gasteiger partial charge in [-0.3, -0.25) is 9.10 Å². The number of ether oxygens (including phenoxy) is 2. The molecule has 0 heterocycles. The largest absolute Gasteiger partial charge is 0.493 e. The number of hydrogen-bond donors (Lipinski definition) is 0. The average Bonchev–Trinajstić information content (AvgIpc) is 2.83. The Hall–Kier alpha value is -2.52.